The van der Waals surface area contributed by atoms with Crippen LogP contribution in [0, 0.1) is 5.92 Å². The van der Waals surface area contributed by atoms with Crippen molar-refractivity contribution in [1.82, 2.24) is 25.2 Å². The average molecular weight is 439 g/mol. The van der Waals surface area contributed by atoms with Crippen molar-refractivity contribution in [3.63, 3.8) is 0 Å². The summed E-state index contributed by atoms with van der Waals surface area (Å²) in [6.07, 6.45) is 5.71. The minimum Gasteiger partial charge on any atom is -0.368 e. The molecule has 0 bridgehead atoms. The molecule has 32 heavy (non-hydrogen) atoms. The van der Waals surface area contributed by atoms with Crippen molar-refractivity contribution in [3.05, 3.63) is 42.4 Å². The van der Waals surface area contributed by atoms with Gasteiger partial charge in [-0.15, -0.1) is 0 Å². The lowest BCUT2D eigenvalue weighted by molar-refractivity contribution is -0.140. The van der Waals surface area contributed by atoms with Gasteiger partial charge in [0.2, 0.25) is 11.9 Å². The van der Waals surface area contributed by atoms with Crippen LogP contribution in [0.3, 0.4) is 0 Å². The highest BCUT2D eigenvalue weighted by atomic mass is 16.5. The van der Waals surface area contributed by atoms with E-state index >= 15 is 0 Å². The highest BCUT2D eigenvalue weighted by Crippen LogP contribution is 2.35. The third kappa shape index (κ3) is 5.81. The van der Waals surface area contributed by atoms with Gasteiger partial charge >= 0.3 is 0 Å². The third-order valence-electron chi connectivity index (χ3n) is 6.06. The molecule has 2 aromatic heterocycles. The molecule has 2 saturated heterocycles. The molecular formula is C24H34N6O2. The molecule has 0 radical (unpaired) electrons. The van der Waals surface area contributed by atoms with E-state index in [1.807, 2.05) is 23.1 Å². The first kappa shape index (κ1) is 22.6. The molecule has 0 aliphatic carbocycles. The predicted octanol–water partition coefficient (Wildman–Crippen LogP) is 3.46. The number of aromatic nitrogens is 3. The highest BCUT2D eigenvalue weighted by Gasteiger charge is 2.39. The predicted molar refractivity (Wildman–Crippen MR) is 123 cm³/mol. The van der Waals surface area contributed by atoms with Crippen molar-refractivity contribution in [2.45, 2.75) is 64.1 Å². The molecule has 172 valence electrons. The zero-order valence-corrected chi connectivity index (χ0v) is 19.5. The van der Waals surface area contributed by atoms with E-state index in [0.29, 0.717) is 43.8 Å². The fourth-order valence-electron chi connectivity index (χ4n) is 5.29. The van der Waals surface area contributed by atoms with Gasteiger partial charge in [-0.1, -0.05) is 6.07 Å². The number of nitrogens with zero attached hydrogens (tertiary/aromatic N) is 4. The van der Waals surface area contributed by atoms with Crippen molar-refractivity contribution < 1.29 is 9.53 Å². The zero-order valence-electron chi connectivity index (χ0n) is 19.5. The number of piperidine rings is 1. The first-order valence-corrected chi connectivity index (χ1v) is 11.4. The fourth-order valence-corrected chi connectivity index (χ4v) is 5.29. The lowest BCUT2D eigenvalue weighted by Gasteiger charge is -2.47. The van der Waals surface area contributed by atoms with Crippen LogP contribution >= 0.6 is 0 Å². The Morgan fingerprint density at radius 3 is 2.59 bits per heavy atom. The Hall–Kier alpha value is -2.58. The molecule has 2 aliphatic rings. The smallest absolute Gasteiger partial charge is 0.228 e. The van der Waals surface area contributed by atoms with Crippen LogP contribution in [-0.4, -0.2) is 56.5 Å². The molecule has 1 amide bonds. The number of ether oxygens (including phenoxy) is 1. The van der Waals surface area contributed by atoms with Gasteiger partial charge in [0, 0.05) is 36.4 Å². The second-order valence-corrected chi connectivity index (χ2v) is 10.2. The lowest BCUT2D eigenvalue weighted by atomic mass is 9.74. The summed E-state index contributed by atoms with van der Waals surface area (Å²) in [5.74, 6) is 1.74. The van der Waals surface area contributed by atoms with Crippen LogP contribution in [0.1, 0.15) is 58.8 Å². The van der Waals surface area contributed by atoms with Crippen LogP contribution in [0.5, 0.6) is 0 Å². The molecule has 2 fully saturated rings. The number of morpholine rings is 1. The first-order valence-electron chi connectivity index (χ1n) is 11.4. The van der Waals surface area contributed by atoms with E-state index in [9.17, 15) is 4.79 Å². The van der Waals surface area contributed by atoms with Gasteiger partial charge in [0.25, 0.3) is 0 Å². The van der Waals surface area contributed by atoms with Crippen molar-refractivity contribution in [2.24, 2.45) is 5.92 Å². The van der Waals surface area contributed by atoms with Crippen molar-refractivity contribution in [3.8, 4) is 0 Å². The maximum Gasteiger partial charge on any atom is 0.228 e. The molecular weight excluding hydrogens is 404 g/mol. The summed E-state index contributed by atoms with van der Waals surface area (Å²) in [7, 11) is 0. The number of rotatable bonds is 5. The largest absolute Gasteiger partial charge is 0.368 e. The molecule has 0 saturated carbocycles. The normalized spacial score (nSPS) is 23.0. The van der Waals surface area contributed by atoms with E-state index in [-0.39, 0.29) is 23.1 Å². The van der Waals surface area contributed by atoms with Gasteiger partial charge in [0.1, 0.15) is 11.9 Å². The van der Waals surface area contributed by atoms with Crippen LogP contribution in [0.4, 0.5) is 11.8 Å². The quantitative estimate of drug-likeness (QED) is 0.738. The maximum absolute atomic E-state index is 13.2. The number of pyridine rings is 1. The minimum atomic E-state index is -0.243. The van der Waals surface area contributed by atoms with Crippen LogP contribution < -0.4 is 10.6 Å². The molecule has 4 rings (SSSR count). The van der Waals surface area contributed by atoms with Crippen molar-refractivity contribution in [1.29, 1.82) is 0 Å². The fraction of sp³-hybridized carbons (Fsp3) is 0.583. The molecule has 1 atom stereocenters. The average Bonchev–Trinajstić information content (AvgIpc) is 2.72. The number of nitrogens with one attached hydrogen (secondary N) is 2. The van der Waals surface area contributed by atoms with Crippen LogP contribution in [0.2, 0.25) is 0 Å². The van der Waals surface area contributed by atoms with E-state index in [1.165, 1.54) is 0 Å². The van der Waals surface area contributed by atoms with Gasteiger partial charge in [-0.05, 0) is 64.7 Å². The van der Waals surface area contributed by atoms with E-state index < -0.39 is 0 Å². The number of amides is 1. The van der Waals surface area contributed by atoms with Crippen molar-refractivity contribution >= 4 is 17.7 Å². The molecule has 2 aliphatic heterocycles. The summed E-state index contributed by atoms with van der Waals surface area (Å²) in [6, 6.07) is 7.50. The van der Waals surface area contributed by atoms with Gasteiger partial charge in [-0.25, -0.2) is 15.0 Å². The Morgan fingerprint density at radius 1 is 1.16 bits per heavy atom. The Kier molecular flexibility index (Phi) is 6.44. The second kappa shape index (κ2) is 9.11. The molecule has 8 heteroatoms. The third-order valence-corrected chi connectivity index (χ3v) is 6.06. The van der Waals surface area contributed by atoms with Gasteiger partial charge in [0.15, 0.2) is 0 Å². The summed E-state index contributed by atoms with van der Waals surface area (Å²) >= 11 is 0. The Labute approximate surface area is 190 Å². The Balaban J connectivity index is 1.39. The summed E-state index contributed by atoms with van der Waals surface area (Å²) in [6.45, 7) is 10.6. The van der Waals surface area contributed by atoms with E-state index in [0.717, 1.165) is 18.5 Å². The standard InChI is InChI=1S/C24H34N6O2/c1-23(2)14-17(15-24(3,4)29-23)13-21(31)30-11-12-32-19(16-30)18-7-5-8-20(27-18)28-22-25-9-6-10-26-22/h5-10,17,19,29H,11-16H2,1-4H3,(H,25,26,27,28)/t19-/m1/s1. The minimum absolute atomic E-state index is 0.0417. The first-order chi connectivity index (χ1) is 15.2. The zero-order chi connectivity index (χ0) is 22.8. The van der Waals surface area contributed by atoms with Gasteiger partial charge in [0.05, 0.1) is 18.8 Å². The van der Waals surface area contributed by atoms with Crippen LogP contribution in [0.15, 0.2) is 36.7 Å². The summed E-state index contributed by atoms with van der Waals surface area (Å²) < 4.78 is 5.98. The SMILES string of the molecule is CC1(C)CC(CC(=O)N2CCO[C@@H](c3cccc(Nc4ncccn4)n3)C2)CC(C)(C)N1. The molecule has 0 spiro atoms. The van der Waals surface area contributed by atoms with Gasteiger partial charge in [-0.3, -0.25) is 4.79 Å². The number of hydrogen-bond acceptors (Lipinski definition) is 7. The van der Waals surface area contributed by atoms with Crippen LogP contribution in [-0.2, 0) is 9.53 Å². The monoisotopic (exact) mass is 438 g/mol. The summed E-state index contributed by atoms with van der Waals surface area (Å²) in [4.78, 5) is 28.1. The summed E-state index contributed by atoms with van der Waals surface area (Å²) in [5, 5.41) is 6.81. The van der Waals surface area contributed by atoms with Crippen LogP contribution in [0.25, 0.3) is 0 Å². The topological polar surface area (TPSA) is 92.3 Å². The number of carbonyl (C=O) groups excluding carboxylic acids is 1. The van der Waals surface area contributed by atoms with E-state index in [4.69, 9.17) is 4.74 Å². The Morgan fingerprint density at radius 2 is 1.88 bits per heavy atom. The highest BCUT2D eigenvalue weighted by molar-refractivity contribution is 5.76. The van der Waals surface area contributed by atoms with E-state index in [1.54, 1.807) is 18.5 Å². The molecule has 2 aromatic rings. The number of anilines is 2. The lowest BCUT2D eigenvalue weighted by Crippen LogP contribution is -2.58. The Bertz CT molecular complexity index is 917. The van der Waals surface area contributed by atoms with E-state index in [2.05, 4.69) is 53.3 Å². The second-order valence-electron chi connectivity index (χ2n) is 10.2. The molecule has 0 unspecified atom stereocenters. The van der Waals surface area contributed by atoms with Gasteiger partial charge < -0.3 is 20.3 Å². The molecule has 4 heterocycles. The number of hydrogen-bond donors (Lipinski definition) is 2. The maximum atomic E-state index is 13.2. The van der Waals surface area contributed by atoms with Gasteiger partial charge in [-0.2, -0.15) is 0 Å². The molecule has 2 N–H and O–H groups in total. The number of carbonyl (C=O) groups is 1. The molecule has 0 aromatic carbocycles. The summed E-state index contributed by atoms with van der Waals surface area (Å²) in [5.41, 5.74) is 0.882. The van der Waals surface area contributed by atoms with Crippen molar-refractivity contribution in [2.75, 3.05) is 25.0 Å². The molecule has 8 nitrogen and oxygen atoms in total.